The molecule has 3 rings (SSSR count). The van der Waals surface area contributed by atoms with Crippen LogP contribution in [0, 0.1) is 3.57 Å². The average molecular weight is 353 g/mol. The fourth-order valence-corrected chi connectivity index (χ4v) is 2.03. The molecule has 7 heteroatoms. The van der Waals surface area contributed by atoms with Crippen LogP contribution in [0.25, 0.3) is 11.0 Å². The minimum atomic E-state index is 0.146. The second kappa shape index (κ2) is 4.41. The fraction of sp³-hybridized carbons (Fsp3) is 0. The SMILES string of the molecule is Nc1nc(Oc2ccccc2I)c2cn[nH]c2n1. The van der Waals surface area contributed by atoms with E-state index < -0.39 is 0 Å². The summed E-state index contributed by atoms with van der Waals surface area (Å²) < 4.78 is 6.75. The number of ether oxygens (including phenoxy) is 1. The van der Waals surface area contributed by atoms with Crippen LogP contribution in [0.15, 0.2) is 30.5 Å². The van der Waals surface area contributed by atoms with Crippen LogP contribution in [0.4, 0.5) is 5.95 Å². The van der Waals surface area contributed by atoms with Crippen molar-refractivity contribution in [1.29, 1.82) is 0 Å². The van der Waals surface area contributed by atoms with Crippen molar-refractivity contribution in [3.05, 3.63) is 34.0 Å². The van der Waals surface area contributed by atoms with Crippen LogP contribution in [-0.4, -0.2) is 20.2 Å². The highest BCUT2D eigenvalue weighted by Gasteiger charge is 2.11. The Morgan fingerprint density at radius 3 is 2.89 bits per heavy atom. The van der Waals surface area contributed by atoms with Crippen LogP contribution in [0.2, 0.25) is 0 Å². The summed E-state index contributed by atoms with van der Waals surface area (Å²) in [5.41, 5.74) is 6.18. The van der Waals surface area contributed by atoms with E-state index in [4.69, 9.17) is 10.5 Å². The summed E-state index contributed by atoms with van der Waals surface area (Å²) in [5, 5.41) is 7.34. The van der Waals surface area contributed by atoms with Crippen molar-refractivity contribution in [3.63, 3.8) is 0 Å². The molecule has 0 aliphatic rings. The lowest BCUT2D eigenvalue weighted by molar-refractivity contribution is 0.466. The molecule has 90 valence electrons. The molecule has 2 aromatic heterocycles. The van der Waals surface area contributed by atoms with Gasteiger partial charge in [-0.2, -0.15) is 15.1 Å². The van der Waals surface area contributed by atoms with Crippen molar-refractivity contribution in [2.24, 2.45) is 0 Å². The predicted molar refractivity (Wildman–Crippen MR) is 75.3 cm³/mol. The molecule has 1 aromatic carbocycles. The van der Waals surface area contributed by atoms with Crippen molar-refractivity contribution in [2.75, 3.05) is 5.73 Å². The van der Waals surface area contributed by atoms with Gasteiger partial charge in [0.25, 0.3) is 0 Å². The first-order valence-corrected chi connectivity index (χ1v) is 6.21. The molecule has 3 aromatic rings. The largest absolute Gasteiger partial charge is 0.437 e. The zero-order valence-corrected chi connectivity index (χ0v) is 11.2. The number of nitrogens with zero attached hydrogens (tertiary/aromatic N) is 3. The maximum atomic E-state index is 5.76. The van der Waals surface area contributed by atoms with Gasteiger partial charge in [-0.25, -0.2) is 0 Å². The van der Waals surface area contributed by atoms with Gasteiger partial charge in [-0.05, 0) is 34.7 Å². The van der Waals surface area contributed by atoms with E-state index >= 15 is 0 Å². The fourth-order valence-electron chi connectivity index (χ4n) is 1.53. The van der Waals surface area contributed by atoms with E-state index in [1.807, 2.05) is 24.3 Å². The Kier molecular flexibility index (Phi) is 2.74. The third kappa shape index (κ3) is 1.96. The number of para-hydroxylation sites is 1. The van der Waals surface area contributed by atoms with E-state index in [1.165, 1.54) is 0 Å². The van der Waals surface area contributed by atoms with Crippen LogP contribution in [0.1, 0.15) is 0 Å². The summed E-state index contributed by atoms with van der Waals surface area (Å²) >= 11 is 2.20. The molecule has 0 bridgehead atoms. The molecule has 0 spiro atoms. The molecule has 0 aliphatic carbocycles. The molecule has 6 nitrogen and oxygen atoms in total. The number of nitrogens with two attached hydrogens (primary N) is 1. The van der Waals surface area contributed by atoms with Crippen LogP contribution in [-0.2, 0) is 0 Å². The van der Waals surface area contributed by atoms with Gasteiger partial charge in [0.15, 0.2) is 5.65 Å². The molecule has 0 amide bonds. The minimum absolute atomic E-state index is 0.146. The molecule has 0 saturated carbocycles. The Labute approximate surface area is 116 Å². The molecule has 2 heterocycles. The standard InChI is InChI=1S/C11H8IN5O/c12-7-3-1-2-4-8(7)18-10-6-5-14-17-9(6)15-11(13)16-10/h1-5H,(H3,13,14,15,16,17). The number of halogens is 1. The first-order chi connectivity index (χ1) is 8.74. The van der Waals surface area contributed by atoms with E-state index in [0.29, 0.717) is 16.9 Å². The number of aromatic amines is 1. The normalized spacial score (nSPS) is 10.7. The summed E-state index contributed by atoms with van der Waals surface area (Å²) in [7, 11) is 0. The van der Waals surface area contributed by atoms with Crippen LogP contribution < -0.4 is 10.5 Å². The molecule has 0 radical (unpaired) electrons. The van der Waals surface area contributed by atoms with Gasteiger partial charge in [0.05, 0.1) is 9.77 Å². The molecule has 0 aliphatic heterocycles. The van der Waals surface area contributed by atoms with E-state index in [-0.39, 0.29) is 5.95 Å². The highest BCUT2D eigenvalue weighted by atomic mass is 127. The van der Waals surface area contributed by atoms with Gasteiger partial charge in [-0.15, -0.1) is 0 Å². The zero-order chi connectivity index (χ0) is 12.5. The van der Waals surface area contributed by atoms with Crippen molar-refractivity contribution in [3.8, 4) is 11.6 Å². The van der Waals surface area contributed by atoms with Crippen molar-refractivity contribution in [2.45, 2.75) is 0 Å². The molecule has 0 unspecified atom stereocenters. The first kappa shape index (κ1) is 11.2. The number of hydrogen-bond donors (Lipinski definition) is 2. The second-order valence-corrected chi connectivity index (χ2v) is 4.71. The van der Waals surface area contributed by atoms with Gasteiger partial charge in [0.1, 0.15) is 11.1 Å². The van der Waals surface area contributed by atoms with E-state index in [2.05, 4.69) is 42.8 Å². The van der Waals surface area contributed by atoms with Gasteiger partial charge < -0.3 is 10.5 Å². The maximum absolute atomic E-state index is 5.76. The van der Waals surface area contributed by atoms with Gasteiger partial charge in [0.2, 0.25) is 11.8 Å². The molecule has 3 N–H and O–H groups in total. The molecular weight excluding hydrogens is 345 g/mol. The van der Waals surface area contributed by atoms with Gasteiger partial charge >= 0.3 is 0 Å². The topological polar surface area (TPSA) is 89.7 Å². The summed E-state index contributed by atoms with van der Waals surface area (Å²) in [6, 6.07) is 7.66. The summed E-state index contributed by atoms with van der Waals surface area (Å²) in [4.78, 5) is 8.12. The number of aromatic nitrogens is 4. The lowest BCUT2D eigenvalue weighted by Crippen LogP contribution is -1.98. The molecule has 0 saturated heterocycles. The lowest BCUT2D eigenvalue weighted by atomic mass is 10.3. The zero-order valence-electron chi connectivity index (χ0n) is 9.09. The summed E-state index contributed by atoms with van der Waals surface area (Å²) in [6.45, 7) is 0. The number of rotatable bonds is 2. The molecule has 0 fully saturated rings. The number of H-pyrrole nitrogens is 1. The number of nitrogens with one attached hydrogen (secondary N) is 1. The highest BCUT2D eigenvalue weighted by molar-refractivity contribution is 14.1. The quantitative estimate of drug-likeness (QED) is 0.691. The Hall–Kier alpha value is -1.90. The van der Waals surface area contributed by atoms with Crippen LogP contribution in [0.5, 0.6) is 11.6 Å². The van der Waals surface area contributed by atoms with Crippen LogP contribution >= 0.6 is 22.6 Å². The summed E-state index contributed by atoms with van der Waals surface area (Å²) in [5.74, 6) is 1.27. The molecule has 18 heavy (non-hydrogen) atoms. The Bertz CT molecular complexity index is 711. The third-order valence-corrected chi connectivity index (χ3v) is 3.23. The molecular formula is C11H8IN5O. The average Bonchev–Trinajstić information content (AvgIpc) is 2.80. The maximum Gasteiger partial charge on any atom is 0.235 e. The Balaban J connectivity index is 2.10. The van der Waals surface area contributed by atoms with Gasteiger partial charge in [-0.1, -0.05) is 12.1 Å². The number of hydrogen-bond acceptors (Lipinski definition) is 5. The van der Waals surface area contributed by atoms with Gasteiger partial charge in [-0.3, -0.25) is 5.10 Å². The van der Waals surface area contributed by atoms with Crippen molar-refractivity contribution >= 4 is 39.6 Å². The second-order valence-electron chi connectivity index (χ2n) is 3.55. The Morgan fingerprint density at radius 1 is 1.22 bits per heavy atom. The van der Waals surface area contributed by atoms with Crippen molar-refractivity contribution < 1.29 is 4.74 Å². The number of anilines is 1. The third-order valence-electron chi connectivity index (χ3n) is 2.34. The van der Waals surface area contributed by atoms with Crippen LogP contribution in [0.3, 0.4) is 0 Å². The monoisotopic (exact) mass is 353 g/mol. The predicted octanol–water partition coefficient (Wildman–Crippen LogP) is 2.33. The van der Waals surface area contributed by atoms with E-state index in [1.54, 1.807) is 6.20 Å². The van der Waals surface area contributed by atoms with E-state index in [9.17, 15) is 0 Å². The Morgan fingerprint density at radius 2 is 2.06 bits per heavy atom. The number of fused-ring (bicyclic) bond motifs is 1. The van der Waals surface area contributed by atoms with E-state index in [0.717, 1.165) is 9.32 Å². The highest BCUT2D eigenvalue weighted by Crippen LogP contribution is 2.29. The number of benzene rings is 1. The molecule has 0 atom stereocenters. The lowest BCUT2D eigenvalue weighted by Gasteiger charge is -2.07. The smallest absolute Gasteiger partial charge is 0.235 e. The van der Waals surface area contributed by atoms with Crippen molar-refractivity contribution in [1.82, 2.24) is 20.2 Å². The minimum Gasteiger partial charge on any atom is -0.437 e. The van der Waals surface area contributed by atoms with Gasteiger partial charge in [0, 0.05) is 0 Å². The summed E-state index contributed by atoms with van der Waals surface area (Å²) in [6.07, 6.45) is 1.61. The number of nitrogen functional groups attached to an aromatic ring is 1. The first-order valence-electron chi connectivity index (χ1n) is 5.13.